The molecular weight excluding hydrogens is 456 g/mol. The Morgan fingerprint density at radius 2 is 1.44 bits per heavy atom. The van der Waals surface area contributed by atoms with E-state index in [-0.39, 0.29) is 17.3 Å². The lowest BCUT2D eigenvalue weighted by molar-refractivity contribution is -0.384. The Bertz CT molecular complexity index is 1520. The van der Waals surface area contributed by atoms with Crippen molar-refractivity contribution in [3.8, 4) is 22.5 Å². The molecule has 5 rings (SSSR count). The lowest BCUT2D eigenvalue weighted by Crippen LogP contribution is -2.16. The van der Waals surface area contributed by atoms with Crippen molar-refractivity contribution in [3.05, 3.63) is 125 Å². The molecule has 0 radical (unpaired) electrons. The van der Waals surface area contributed by atoms with Gasteiger partial charge in [-0.25, -0.2) is 4.68 Å². The van der Waals surface area contributed by atoms with Crippen LogP contribution in [0.5, 0.6) is 0 Å². The van der Waals surface area contributed by atoms with Crippen molar-refractivity contribution in [2.24, 2.45) is 10.2 Å². The van der Waals surface area contributed by atoms with Gasteiger partial charge >= 0.3 is 0 Å². The molecule has 4 aromatic rings. The molecular formula is C27H19N6O3-. The highest BCUT2D eigenvalue weighted by Gasteiger charge is 2.22. The molecule has 176 valence electrons. The van der Waals surface area contributed by atoms with E-state index in [2.05, 4.69) is 20.6 Å². The number of nitro benzene ring substituents is 1. The normalized spacial score (nSPS) is 12.6. The molecule has 0 aliphatic carbocycles. The predicted molar refractivity (Wildman–Crippen MR) is 135 cm³/mol. The lowest BCUT2D eigenvalue weighted by atomic mass is 10.1. The number of nitrogens with one attached hydrogen (secondary N) is 1. The average Bonchev–Trinajstić information content (AvgIpc) is 3.32. The Morgan fingerprint density at radius 1 is 0.833 bits per heavy atom. The van der Waals surface area contributed by atoms with Crippen molar-refractivity contribution >= 4 is 22.9 Å². The van der Waals surface area contributed by atoms with Crippen molar-refractivity contribution in [1.82, 2.24) is 15.1 Å². The Hall–Kier alpha value is -5.31. The fourth-order valence-corrected chi connectivity index (χ4v) is 3.76. The van der Waals surface area contributed by atoms with Gasteiger partial charge in [0.05, 0.1) is 4.92 Å². The molecule has 0 fully saturated rings. The van der Waals surface area contributed by atoms with Gasteiger partial charge in [0.2, 0.25) is 0 Å². The number of hydrogen-bond acceptors (Lipinski definition) is 7. The fraction of sp³-hybridized carbons (Fsp3) is 0. The third-order valence-electron chi connectivity index (χ3n) is 5.45. The van der Waals surface area contributed by atoms with Crippen LogP contribution >= 0.6 is 0 Å². The zero-order valence-electron chi connectivity index (χ0n) is 18.9. The number of para-hydroxylation sites is 1. The van der Waals surface area contributed by atoms with E-state index in [4.69, 9.17) is 0 Å². The number of nitrogens with zero attached hydrogens (tertiary/aromatic N) is 5. The molecule has 0 saturated carbocycles. The maximum atomic E-state index is 13.6. The second-order valence-electron chi connectivity index (χ2n) is 7.73. The van der Waals surface area contributed by atoms with Crippen LogP contribution in [0.25, 0.3) is 28.4 Å². The standard InChI is InChI=1S/C27H20N6O3/c34-27(21-15-17-28-18-16-21)32-26(20-11-5-2-6-12-20)25(24(31-32)19-9-3-1-4-10-19)30-29-22-13-7-8-14-23(22)33(35)36/h1-18,28,34H/p-1. The summed E-state index contributed by atoms with van der Waals surface area (Å²) in [7, 11) is 0. The summed E-state index contributed by atoms with van der Waals surface area (Å²) in [4.78, 5) is 11.0. The average molecular weight is 475 g/mol. The van der Waals surface area contributed by atoms with E-state index in [9.17, 15) is 15.2 Å². The number of hydrogen-bond donors (Lipinski definition) is 1. The molecule has 1 aromatic heterocycles. The first-order chi connectivity index (χ1) is 17.6. The quantitative estimate of drug-likeness (QED) is 0.166. The van der Waals surface area contributed by atoms with Crippen LogP contribution in [0.3, 0.4) is 0 Å². The van der Waals surface area contributed by atoms with Gasteiger partial charge in [-0.15, -0.1) is 10.2 Å². The first kappa shape index (κ1) is 22.5. The molecule has 36 heavy (non-hydrogen) atoms. The third kappa shape index (κ3) is 4.40. The summed E-state index contributed by atoms with van der Waals surface area (Å²) < 4.78 is 1.31. The van der Waals surface area contributed by atoms with E-state index in [1.807, 2.05) is 60.7 Å². The first-order valence-electron chi connectivity index (χ1n) is 11.0. The highest BCUT2D eigenvalue weighted by atomic mass is 16.6. The van der Waals surface area contributed by atoms with Crippen molar-refractivity contribution in [2.75, 3.05) is 0 Å². The molecule has 0 spiro atoms. The molecule has 1 aliphatic rings. The molecule has 0 amide bonds. The number of dihydropyridines is 1. The number of benzene rings is 3. The molecule has 9 heteroatoms. The highest BCUT2D eigenvalue weighted by Crippen LogP contribution is 2.41. The summed E-state index contributed by atoms with van der Waals surface area (Å²) in [5.74, 6) is -0.354. The Balaban J connectivity index is 1.79. The zero-order chi connectivity index (χ0) is 24.9. The monoisotopic (exact) mass is 475 g/mol. The number of aromatic nitrogens is 2. The molecule has 0 saturated heterocycles. The molecule has 9 nitrogen and oxygen atoms in total. The van der Waals surface area contributed by atoms with Crippen LogP contribution in [-0.4, -0.2) is 14.7 Å². The first-order valence-corrected chi connectivity index (χ1v) is 11.0. The second-order valence-corrected chi connectivity index (χ2v) is 7.73. The van der Waals surface area contributed by atoms with Crippen molar-refractivity contribution in [1.29, 1.82) is 0 Å². The van der Waals surface area contributed by atoms with Gasteiger partial charge < -0.3 is 10.4 Å². The molecule has 2 heterocycles. The predicted octanol–water partition coefficient (Wildman–Crippen LogP) is 5.70. The zero-order valence-corrected chi connectivity index (χ0v) is 18.9. The van der Waals surface area contributed by atoms with E-state index in [1.54, 1.807) is 36.7 Å². The number of allylic oxidation sites excluding steroid dienone is 3. The van der Waals surface area contributed by atoms with Crippen LogP contribution in [0.1, 0.15) is 0 Å². The topological polar surface area (TPSA) is 121 Å². The van der Waals surface area contributed by atoms with Crippen molar-refractivity contribution in [3.63, 3.8) is 0 Å². The maximum absolute atomic E-state index is 13.6. The summed E-state index contributed by atoms with van der Waals surface area (Å²) in [5, 5.41) is 41.3. The summed E-state index contributed by atoms with van der Waals surface area (Å²) in [6, 6.07) is 24.6. The molecule has 1 aliphatic heterocycles. The SMILES string of the molecule is O=[N+]([O-])c1ccccc1N=Nc1c(-c2ccccc2)nn(C([O-])=C2C=CNC=C2)c1-c1ccccc1. The third-order valence-corrected chi connectivity index (χ3v) is 5.45. The molecule has 0 unspecified atom stereocenters. The summed E-state index contributed by atoms with van der Waals surface area (Å²) in [6.07, 6.45) is 6.64. The van der Waals surface area contributed by atoms with E-state index in [0.717, 1.165) is 5.56 Å². The van der Waals surface area contributed by atoms with Crippen molar-refractivity contribution in [2.45, 2.75) is 0 Å². The van der Waals surface area contributed by atoms with E-state index >= 15 is 0 Å². The van der Waals surface area contributed by atoms with Crippen LogP contribution in [0.15, 0.2) is 125 Å². The van der Waals surface area contributed by atoms with Crippen LogP contribution in [0, 0.1) is 10.1 Å². The Kier molecular flexibility index (Phi) is 6.18. The Labute approximate surface area is 206 Å². The van der Waals surface area contributed by atoms with Crippen LogP contribution in [0.4, 0.5) is 17.1 Å². The van der Waals surface area contributed by atoms with Gasteiger partial charge in [0.1, 0.15) is 17.1 Å². The second kappa shape index (κ2) is 9.90. The fourth-order valence-electron chi connectivity index (χ4n) is 3.76. The maximum Gasteiger partial charge on any atom is 0.296 e. The van der Waals surface area contributed by atoms with Crippen LogP contribution < -0.4 is 10.4 Å². The summed E-state index contributed by atoms with van der Waals surface area (Å²) >= 11 is 0. The van der Waals surface area contributed by atoms with Gasteiger partial charge in [-0.1, -0.05) is 72.8 Å². The Morgan fingerprint density at radius 3 is 2.11 bits per heavy atom. The highest BCUT2D eigenvalue weighted by molar-refractivity contribution is 5.86. The lowest BCUT2D eigenvalue weighted by Gasteiger charge is -2.19. The van der Waals surface area contributed by atoms with Gasteiger partial charge in [-0.3, -0.25) is 10.1 Å². The van der Waals surface area contributed by atoms with Gasteiger partial charge in [0.25, 0.3) is 5.69 Å². The molecule has 1 N–H and O–H groups in total. The van der Waals surface area contributed by atoms with Gasteiger partial charge in [0, 0.05) is 29.6 Å². The van der Waals surface area contributed by atoms with Gasteiger partial charge in [0.15, 0.2) is 5.69 Å². The summed E-state index contributed by atoms with van der Waals surface area (Å²) in [5.41, 5.74) is 2.93. The number of rotatable bonds is 6. The van der Waals surface area contributed by atoms with Crippen molar-refractivity contribution < 1.29 is 10.0 Å². The molecule has 3 aromatic carbocycles. The number of azo groups is 1. The van der Waals surface area contributed by atoms with E-state index in [0.29, 0.717) is 28.2 Å². The minimum atomic E-state index is -0.510. The molecule has 0 atom stereocenters. The van der Waals surface area contributed by atoms with Gasteiger partial charge in [-0.05, 0) is 29.7 Å². The van der Waals surface area contributed by atoms with E-state index < -0.39 is 4.92 Å². The van der Waals surface area contributed by atoms with Crippen LogP contribution in [-0.2, 0) is 0 Å². The summed E-state index contributed by atoms with van der Waals surface area (Å²) in [6.45, 7) is 0. The smallest absolute Gasteiger partial charge is 0.296 e. The minimum Gasteiger partial charge on any atom is -0.858 e. The van der Waals surface area contributed by atoms with E-state index in [1.165, 1.54) is 16.8 Å². The van der Waals surface area contributed by atoms with Crippen LogP contribution in [0.2, 0.25) is 0 Å². The van der Waals surface area contributed by atoms with Gasteiger partial charge in [-0.2, -0.15) is 5.10 Å². The number of nitro groups is 1. The minimum absolute atomic E-state index is 0.0956. The molecule has 0 bridgehead atoms. The largest absolute Gasteiger partial charge is 0.858 e.